The van der Waals surface area contributed by atoms with E-state index in [1.165, 1.54) is 11.1 Å². The summed E-state index contributed by atoms with van der Waals surface area (Å²) in [4.78, 5) is 6.58. The monoisotopic (exact) mass is 271 g/mol. The number of aryl methyl sites for hydroxylation is 1. The molecule has 0 amide bonds. The first-order valence-electron chi connectivity index (χ1n) is 6.64. The lowest BCUT2D eigenvalue weighted by atomic mass is 10.1. The molecule has 0 spiro atoms. The van der Waals surface area contributed by atoms with E-state index in [9.17, 15) is 0 Å². The van der Waals surface area contributed by atoms with Gasteiger partial charge in [-0.2, -0.15) is 0 Å². The van der Waals surface area contributed by atoms with Crippen LogP contribution in [0, 0.1) is 6.92 Å². The quantitative estimate of drug-likeness (QED) is 0.907. The highest BCUT2D eigenvalue weighted by Crippen LogP contribution is 2.21. The molecule has 0 bridgehead atoms. The number of ether oxygens (including phenoxy) is 1. The maximum Gasteiger partial charge on any atom is 0.133 e. The van der Waals surface area contributed by atoms with Gasteiger partial charge in [-0.1, -0.05) is 12.1 Å². The van der Waals surface area contributed by atoms with Crippen molar-refractivity contribution in [2.45, 2.75) is 20.0 Å². The average molecular weight is 271 g/mol. The number of aromatic nitrogens is 1. The van der Waals surface area contributed by atoms with Crippen molar-refractivity contribution in [1.82, 2.24) is 4.98 Å². The molecule has 1 heterocycles. The Morgan fingerprint density at radius 1 is 1.20 bits per heavy atom. The van der Waals surface area contributed by atoms with E-state index in [4.69, 9.17) is 10.5 Å². The zero-order valence-electron chi connectivity index (χ0n) is 12.3. The van der Waals surface area contributed by atoms with Crippen LogP contribution in [0.2, 0.25) is 0 Å². The second-order valence-electron chi connectivity index (χ2n) is 4.84. The topological polar surface area (TPSA) is 51.4 Å². The van der Waals surface area contributed by atoms with Crippen LogP contribution in [0.3, 0.4) is 0 Å². The molecule has 4 heteroatoms. The smallest absolute Gasteiger partial charge is 0.133 e. The molecular weight excluding hydrogens is 250 g/mol. The SMILES string of the molecule is COc1ccc(CN(C)c2nccc(C)c2CN)cc1. The lowest BCUT2D eigenvalue weighted by Crippen LogP contribution is -2.20. The van der Waals surface area contributed by atoms with Crippen LogP contribution in [0.1, 0.15) is 16.7 Å². The van der Waals surface area contributed by atoms with Crippen LogP contribution in [0.5, 0.6) is 5.75 Å². The van der Waals surface area contributed by atoms with Crippen LogP contribution in [-0.4, -0.2) is 19.1 Å². The molecule has 20 heavy (non-hydrogen) atoms. The fraction of sp³-hybridized carbons (Fsp3) is 0.312. The van der Waals surface area contributed by atoms with Gasteiger partial charge in [0.05, 0.1) is 7.11 Å². The van der Waals surface area contributed by atoms with Gasteiger partial charge in [0.15, 0.2) is 0 Å². The number of methoxy groups -OCH3 is 1. The van der Waals surface area contributed by atoms with Crippen LogP contribution in [-0.2, 0) is 13.1 Å². The third-order valence-electron chi connectivity index (χ3n) is 3.41. The van der Waals surface area contributed by atoms with Gasteiger partial charge in [-0.05, 0) is 36.2 Å². The Hall–Kier alpha value is -2.07. The van der Waals surface area contributed by atoms with E-state index in [-0.39, 0.29) is 0 Å². The normalized spacial score (nSPS) is 10.4. The molecule has 1 aromatic heterocycles. The molecule has 1 aromatic carbocycles. The number of hydrogen-bond acceptors (Lipinski definition) is 4. The number of anilines is 1. The summed E-state index contributed by atoms with van der Waals surface area (Å²) >= 11 is 0. The van der Waals surface area contributed by atoms with E-state index in [0.29, 0.717) is 6.54 Å². The number of benzene rings is 1. The number of hydrogen-bond donors (Lipinski definition) is 1. The van der Waals surface area contributed by atoms with Gasteiger partial charge in [-0.15, -0.1) is 0 Å². The van der Waals surface area contributed by atoms with Gasteiger partial charge in [0.1, 0.15) is 11.6 Å². The minimum atomic E-state index is 0.502. The zero-order chi connectivity index (χ0) is 14.5. The summed E-state index contributed by atoms with van der Waals surface area (Å²) in [6.07, 6.45) is 1.83. The molecule has 0 saturated carbocycles. The van der Waals surface area contributed by atoms with E-state index < -0.39 is 0 Å². The zero-order valence-corrected chi connectivity index (χ0v) is 12.3. The maximum absolute atomic E-state index is 5.84. The summed E-state index contributed by atoms with van der Waals surface area (Å²) in [5.41, 5.74) is 9.33. The Morgan fingerprint density at radius 2 is 1.90 bits per heavy atom. The van der Waals surface area contributed by atoms with Gasteiger partial charge in [-0.25, -0.2) is 4.98 Å². The molecular formula is C16H21N3O. The lowest BCUT2D eigenvalue weighted by Gasteiger charge is -2.22. The molecule has 2 aromatic rings. The first-order chi connectivity index (χ1) is 9.65. The molecule has 0 saturated heterocycles. The van der Waals surface area contributed by atoms with Crippen molar-refractivity contribution in [2.24, 2.45) is 5.73 Å². The first-order valence-corrected chi connectivity index (χ1v) is 6.64. The highest BCUT2D eigenvalue weighted by molar-refractivity contribution is 5.50. The van der Waals surface area contributed by atoms with Gasteiger partial charge in [0.25, 0.3) is 0 Å². The van der Waals surface area contributed by atoms with E-state index in [1.54, 1.807) is 7.11 Å². The highest BCUT2D eigenvalue weighted by atomic mass is 16.5. The second kappa shape index (κ2) is 6.39. The first kappa shape index (κ1) is 14.3. The number of nitrogens with zero attached hydrogens (tertiary/aromatic N) is 2. The predicted octanol–water partition coefficient (Wildman–Crippen LogP) is 2.49. The summed E-state index contributed by atoms with van der Waals surface area (Å²) in [5, 5.41) is 0. The fourth-order valence-electron chi connectivity index (χ4n) is 2.24. The number of nitrogens with two attached hydrogens (primary N) is 1. The van der Waals surface area contributed by atoms with Crippen molar-refractivity contribution >= 4 is 5.82 Å². The van der Waals surface area contributed by atoms with Crippen molar-refractivity contribution in [3.63, 3.8) is 0 Å². The van der Waals surface area contributed by atoms with Gasteiger partial charge in [-0.3, -0.25) is 0 Å². The van der Waals surface area contributed by atoms with Crippen LogP contribution < -0.4 is 15.4 Å². The fourth-order valence-corrected chi connectivity index (χ4v) is 2.24. The number of pyridine rings is 1. The molecule has 0 aliphatic rings. The molecule has 0 unspecified atom stereocenters. The summed E-state index contributed by atoms with van der Waals surface area (Å²) in [6, 6.07) is 10.1. The van der Waals surface area contributed by atoms with Crippen LogP contribution in [0.15, 0.2) is 36.5 Å². The lowest BCUT2D eigenvalue weighted by molar-refractivity contribution is 0.414. The Labute approximate surface area is 120 Å². The molecule has 2 N–H and O–H groups in total. The largest absolute Gasteiger partial charge is 0.497 e. The summed E-state index contributed by atoms with van der Waals surface area (Å²) in [6.45, 7) is 3.35. The third kappa shape index (κ3) is 3.08. The Bertz CT molecular complexity index is 566. The summed E-state index contributed by atoms with van der Waals surface area (Å²) in [7, 11) is 3.70. The van der Waals surface area contributed by atoms with E-state index in [0.717, 1.165) is 23.7 Å². The van der Waals surface area contributed by atoms with Crippen LogP contribution in [0.4, 0.5) is 5.82 Å². The molecule has 0 atom stereocenters. The summed E-state index contributed by atoms with van der Waals surface area (Å²) < 4.78 is 5.17. The van der Waals surface area contributed by atoms with Gasteiger partial charge >= 0.3 is 0 Å². The minimum Gasteiger partial charge on any atom is -0.497 e. The van der Waals surface area contributed by atoms with Crippen LogP contribution >= 0.6 is 0 Å². The van der Waals surface area contributed by atoms with Crippen molar-refractivity contribution in [2.75, 3.05) is 19.1 Å². The molecule has 0 fully saturated rings. The molecule has 0 aliphatic heterocycles. The second-order valence-corrected chi connectivity index (χ2v) is 4.84. The minimum absolute atomic E-state index is 0.502. The molecule has 4 nitrogen and oxygen atoms in total. The molecule has 2 rings (SSSR count). The van der Waals surface area contributed by atoms with Crippen molar-refractivity contribution in [3.05, 3.63) is 53.2 Å². The van der Waals surface area contributed by atoms with Gasteiger partial charge in [0.2, 0.25) is 0 Å². The van der Waals surface area contributed by atoms with Crippen molar-refractivity contribution in [3.8, 4) is 5.75 Å². The highest BCUT2D eigenvalue weighted by Gasteiger charge is 2.10. The van der Waals surface area contributed by atoms with Gasteiger partial charge in [0, 0.05) is 31.9 Å². The predicted molar refractivity (Wildman–Crippen MR) is 82.0 cm³/mol. The van der Waals surface area contributed by atoms with E-state index >= 15 is 0 Å². The third-order valence-corrected chi connectivity index (χ3v) is 3.41. The Balaban J connectivity index is 2.19. The van der Waals surface area contributed by atoms with E-state index in [1.807, 2.05) is 31.4 Å². The standard InChI is InChI=1S/C16H21N3O/c1-12-8-9-18-16(15(12)10-17)19(2)11-13-4-6-14(20-3)7-5-13/h4-9H,10-11,17H2,1-3H3. The average Bonchev–Trinajstić information content (AvgIpc) is 2.47. The van der Waals surface area contributed by atoms with E-state index in [2.05, 4.69) is 28.9 Å². The summed E-state index contributed by atoms with van der Waals surface area (Å²) in [5.74, 6) is 1.82. The Morgan fingerprint density at radius 3 is 2.50 bits per heavy atom. The maximum atomic E-state index is 5.84. The van der Waals surface area contributed by atoms with Crippen molar-refractivity contribution in [1.29, 1.82) is 0 Å². The van der Waals surface area contributed by atoms with Gasteiger partial charge < -0.3 is 15.4 Å². The number of rotatable bonds is 5. The molecule has 106 valence electrons. The molecule has 0 radical (unpaired) electrons. The van der Waals surface area contributed by atoms with Crippen LogP contribution in [0.25, 0.3) is 0 Å². The molecule has 0 aliphatic carbocycles. The van der Waals surface area contributed by atoms with Crippen molar-refractivity contribution < 1.29 is 4.74 Å². The Kier molecular flexibility index (Phi) is 4.58.